The monoisotopic (exact) mass is 507 g/mol. The Morgan fingerprint density at radius 2 is 2.09 bits per heavy atom. The predicted octanol–water partition coefficient (Wildman–Crippen LogP) is 2.97. The van der Waals surface area contributed by atoms with Crippen molar-refractivity contribution in [2.75, 3.05) is 30.3 Å². The minimum Gasteiger partial charge on any atom is -0.491 e. The predicted molar refractivity (Wildman–Crippen MR) is 127 cm³/mol. The van der Waals surface area contributed by atoms with E-state index in [1.165, 1.54) is 11.3 Å². The zero-order valence-electron chi connectivity index (χ0n) is 18.8. The second kappa shape index (κ2) is 8.85. The van der Waals surface area contributed by atoms with Crippen molar-refractivity contribution in [2.45, 2.75) is 37.9 Å². The molecule has 1 fully saturated rings. The van der Waals surface area contributed by atoms with E-state index < -0.39 is 18.5 Å². The molecule has 35 heavy (non-hydrogen) atoms. The van der Waals surface area contributed by atoms with Gasteiger partial charge in [0.25, 0.3) is 5.91 Å². The van der Waals surface area contributed by atoms with Gasteiger partial charge >= 0.3 is 6.36 Å². The first-order chi connectivity index (χ1) is 16.6. The first-order valence-electron chi connectivity index (χ1n) is 11.0. The van der Waals surface area contributed by atoms with Gasteiger partial charge in [-0.2, -0.15) is 0 Å². The Morgan fingerprint density at radius 3 is 2.86 bits per heavy atom. The molecule has 2 aliphatic rings. The van der Waals surface area contributed by atoms with Crippen molar-refractivity contribution in [3.8, 4) is 5.75 Å². The minimum atomic E-state index is -4.73. The number of thiophene rings is 1. The molecule has 8 nitrogen and oxygen atoms in total. The summed E-state index contributed by atoms with van der Waals surface area (Å²) in [6.07, 6.45) is -5.32. The number of amides is 1. The lowest BCUT2D eigenvalue weighted by Gasteiger charge is -2.28. The third-order valence-electron chi connectivity index (χ3n) is 6.19. The fourth-order valence-electron chi connectivity index (χ4n) is 4.47. The number of carbonyl (C=O) groups excluding carboxylic acids is 1. The maximum absolute atomic E-state index is 12.9. The van der Waals surface area contributed by atoms with Crippen LogP contribution < -0.4 is 26.4 Å². The van der Waals surface area contributed by atoms with Crippen LogP contribution in [0, 0.1) is 6.92 Å². The third-order valence-corrected chi connectivity index (χ3v) is 7.30. The molecular weight excluding hydrogens is 483 g/mol. The van der Waals surface area contributed by atoms with Crippen molar-refractivity contribution in [1.29, 1.82) is 0 Å². The van der Waals surface area contributed by atoms with Crippen LogP contribution in [0.1, 0.15) is 20.9 Å². The highest BCUT2D eigenvalue weighted by Gasteiger charge is 2.41. The standard InChI is InChI=1S/C23H24F3N5O3S/c1-11-2-5-15-19(28)20(35-22(15)29-11)21(32)30-13-6-12-3-4-14(7-17(12)33-10-13)31-8-16(27)18(9-31)34-23(24,25)26/h2-5,7,13,16,18H,6,8-10,27-28H2,1H3,(H,30,32)/t13-,16+,18+/m1/s1. The van der Waals surface area contributed by atoms with E-state index in [4.69, 9.17) is 16.2 Å². The number of fused-ring (bicyclic) bond motifs is 2. The number of aromatic nitrogens is 1. The van der Waals surface area contributed by atoms with Crippen LogP contribution in [-0.4, -0.2) is 55.1 Å². The van der Waals surface area contributed by atoms with Crippen LogP contribution in [0.2, 0.25) is 0 Å². The number of anilines is 2. The Balaban J connectivity index is 1.25. The van der Waals surface area contributed by atoms with Gasteiger partial charge in [-0.05, 0) is 37.1 Å². The summed E-state index contributed by atoms with van der Waals surface area (Å²) in [6.45, 7) is 2.40. The van der Waals surface area contributed by atoms with Gasteiger partial charge in [0.1, 0.15) is 28.2 Å². The summed E-state index contributed by atoms with van der Waals surface area (Å²) in [5.41, 5.74) is 14.9. The van der Waals surface area contributed by atoms with Gasteiger partial charge in [-0.15, -0.1) is 24.5 Å². The number of alkyl halides is 3. The lowest BCUT2D eigenvalue weighted by molar-refractivity contribution is -0.341. The normalized spacial score (nSPS) is 22.2. The molecule has 2 aliphatic heterocycles. The molecule has 0 radical (unpaired) electrons. The van der Waals surface area contributed by atoms with Crippen LogP contribution in [0.15, 0.2) is 30.3 Å². The number of nitrogens with one attached hydrogen (secondary N) is 1. The van der Waals surface area contributed by atoms with Crippen molar-refractivity contribution in [3.05, 3.63) is 46.5 Å². The second-order valence-corrected chi connectivity index (χ2v) is 9.80. The average molecular weight is 508 g/mol. The molecule has 1 aromatic carbocycles. The SMILES string of the molecule is Cc1ccc2c(N)c(C(=O)N[C@H]3COc4cc(N5C[C@H](OC(F)(F)F)[C@@H](N)C5)ccc4C3)sc2n1. The molecule has 186 valence electrons. The second-order valence-electron chi connectivity index (χ2n) is 8.80. The van der Waals surface area contributed by atoms with Crippen molar-refractivity contribution in [2.24, 2.45) is 5.73 Å². The lowest BCUT2D eigenvalue weighted by atomic mass is 10.0. The molecule has 2 aromatic heterocycles. The molecule has 0 saturated carbocycles. The number of nitrogen functional groups attached to an aromatic ring is 1. The summed E-state index contributed by atoms with van der Waals surface area (Å²) >= 11 is 1.25. The van der Waals surface area contributed by atoms with Gasteiger partial charge < -0.3 is 26.4 Å². The van der Waals surface area contributed by atoms with Crippen LogP contribution in [0.25, 0.3) is 10.2 Å². The number of halogens is 3. The fraction of sp³-hybridized carbons (Fsp3) is 0.391. The van der Waals surface area contributed by atoms with Crippen molar-refractivity contribution in [1.82, 2.24) is 10.3 Å². The molecule has 1 amide bonds. The number of aryl methyl sites for hydroxylation is 1. The zero-order valence-corrected chi connectivity index (χ0v) is 19.6. The number of pyridine rings is 1. The molecule has 1 saturated heterocycles. The van der Waals surface area contributed by atoms with E-state index in [1.54, 1.807) is 11.0 Å². The van der Waals surface area contributed by atoms with E-state index >= 15 is 0 Å². The van der Waals surface area contributed by atoms with Crippen molar-refractivity contribution < 1.29 is 27.4 Å². The third kappa shape index (κ3) is 4.86. The van der Waals surface area contributed by atoms with E-state index in [1.807, 2.05) is 31.2 Å². The Labute approximate surface area is 203 Å². The zero-order chi connectivity index (χ0) is 24.9. The van der Waals surface area contributed by atoms with Gasteiger partial charge in [0.2, 0.25) is 0 Å². The largest absolute Gasteiger partial charge is 0.522 e. The van der Waals surface area contributed by atoms with Crippen LogP contribution in [-0.2, 0) is 11.2 Å². The highest BCUT2D eigenvalue weighted by atomic mass is 32.1. The lowest BCUT2D eigenvalue weighted by Crippen LogP contribution is -2.42. The molecule has 0 aliphatic carbocycles. The Kier molecular flexibility index (Phi) is 5.98. The van der Waals surface area contributed by atoms with Gasteiger partial charge in [-0.3, -0.25) is 9.53 Å². The summed E-state index contributed by atoms with van der Waals surface area (Å²) in [5, 5.41) is 3.74. The minimum absolute atomic E-state index is 0.0309. The Bertz CT molecular complexity index is 1280. The van der Waals surface area contributed by atoms with Crippen LogP contribution in [0.5, 0.6) is 5.75 Å². The van der Waals surface area contributed by atoms with Crippen molar-refractivity contribution in [3.63, 3.8) is 0 Å². The summed E-state index contributed by atoms with van der Waals surface area (Å²) in [7, 11) is 0. The maximum Gasteiger partial charge on any atom is 0.522 e. The molecule has 5 rings (SSSR count). The summed E-state index contributed by atoms with van der Waals surface area (Å²) < 4.78 is 47.9. The van der Waals surface area contributed by atoms with Gasteiger partial charge in [0, 0.05) is 35.9 Å². The quantitative estimate of drug-likeness (QED) is 0.497. The molecule has 4 heterocycles. The van der Waals surface area contributed by atoms with E-state index in [2.05, 4.69) is 15.0 Å². The van der Waals surface area contributed by atoms with Gasteiger partial charge in [0.15, 0.2) is 0 Å². The summed E-state index contributed by atoms with van der Waals surface area (Å²) in [6, 6.07) is 8.15. The number of nitrogens with two attached hydrogens (primary N) is 2. The molecule has 0 spiro atoms. The molecule has 0 bridgehead atoms. The highest BCUT2D eigenvalue weighted by molar-refractivity contribution is 7.21. The maximum atomic E-state index is 12.9. The molecule has 12 heteroatoms. The molecular formula is C23H24F3N5O3S. The fourth-order valence-corrected chi connectivity index (χ4v) is 5.51. The number of hydrogen-bond donors (Lipinski definition) is 3. The van der Waals surface area contributed by atoms with Gasteiger partial charge in [0.05, 0.1) is 17.8 Å². The highest BCUT2D eigenvalue weighted by Crippen LogP contribution is 2.34. The summed E-state index contributed by atoms with van der Waals surface area (Å²) in [4.78, 5) is 20.2. The molecule has 5 N–H and O–H groups in total. The first kappa shape index (κ1) is 23.6. The number of ether oxygens (including phenoxy) is 2. The topological polar surface area (TPSA) is 116 Å². The van der Waals surface area contributed by atoms with Gasteiger partial charge in [-0.1, -0.05) is 6.07 Å². The van der Waals surface area contributed by atoms with Crippen molar-refractivity contribution >= 4 is 38.8 Å². The van der Waals surface area contributed by atoms with E-state index in [9.17, 15) is 18.0 Å². The van der Waals surface area contributed by atoms with Crippen LogP contribution >= 0.6 is 11.3 Å². The van der Waals surface area contributed by atoms with Gasteiger partial charge in [-0.25, -0.2) is 4.98 Å². The van der Waals surface area contributed by atoms with E-state index in [-0.39, 0.29) is 31.6 Å². The average Bonchev–Trinajstić information content (AvgIpc) is 3.31. The van der Waals surface area contributed by atoms with Crippen LogP contribution in [0.4, 0.5) is 24.5 Å². The van der Waals surface area contributed by atoms with E-state index in [0.717, 1.165) is 21.5 Å². The smallest absolute Gasteiger partial charge is 0.491 e. The number of rotatable bonds is 4. The number of nitrogens with zero attached hydrogens (tertiary/aromatic N) is 2. The van der Waals surface area contributed by atoms with E-state index in [0.29, 0.717) is 28.4 Å². The number of hydrogen-bond acceptors (Lipinski definition) is 8. The Morgan fingerprint density at radius 1 is 1.29 bits per heavy atom. The molecule has 0 unspecified atom stereocenters. The number of carbonyl (C=O) groups is 1. The number of benzene rings is 1. The van der Waals surface area contributed by atoms with Crippen LogP contribution in [0.3, 0.4) is 0 Å². The first-order valence-corrected chi connectivity index (χ1v) is 11.9. The molecule has 3 atom stereocenters. The summed E-state index contributed by atoms with van der Waals surface area (Å²) in [5.74, 6) is 0.349. The Hall–Kier alpha value is -3.09. The molecule has 3 aromatic rings.